The van der Waals surface area contributed by atoms with Gasteiger partial charge in [0.2, 0.25) is 0 Å². The van der Waals surface area contributed by atoms with E-state index >= 15 is 0 Å². The fraction of sp³-hybridized carbons (Fsp3) is 0.588. The number of benzene rings is 1. The van der Waals surface area contributed by atoms with E-state index in [4.69, 9.17) is 9.47 Å². The number of hydrogen-bond acceptors (Lipinski definition) is 4. The number of hydrogen-bond donors (Lipinski definition) is 1. The second-order valence-electron chi connectivity index (χ2n) is 6.16. The number of amides is 1. The van der Waals surface area contributed by atoms with E-state index in [9.17, 15) is 4.79 Å². The zero-order chi connectivity index (χ0) is 15.4. The molecule has 0 aliphatic carbocycles. The third kappa shape index (κ3) is 3.99. The first-order valence-corrected chi connectivity index (χ1v) is 8.02. The molecule has 2 aliphatic heterocycles. The van der Waals surface area contributed by atoms with Crippen LogP contribution in [-0.2, 0) is 9.53 Å². The van der Waals surface area contributed by atoms with Gasteiger partial charge in [0, 0.05) is 19.1 Å². The first-order valence-electron chi connectivity index (χ1n) is 8.02. The van der Waals surface area contributed by atoms with Crippen LogP contribution in [0.2, 0.25) is 0 Å². The molecule has 1 N–H and O–H groups in total. The Bertz CT molecular complexity index is 520. The van der Waals surface area contributed by atoms with Crippen LogP contribution < -0.4 is 10.1 Å². The van der Waals surface area contributed by atoms with Crippen molar-refractivity contribution in [1.82, 2.24) is 10.2 Å². The van der Waals surface area contributed by atoms with Crippen LogP contribution in [0.25, 0.3) is 0 Å². The van der Waals surface area contributed by atoms with Crippen LogP contribution in [0.15, 0.2) is 24.3 Å². The molecular formula is C17H24N2O3. The summed E-state index contributed by atoms with van der Waals surface area (Å²) in [5, 5.41) is 2.90. The van der Waals surface area contributed by atoms with Crippen molar-refractivity contribution in [2.75, 3.05) is 32.8 Å². The number of nitrogens with zero attached hydrogens (tertiary/aromatic N) is 1. The molecule has 0 spiro atoms. The molecule has 5 heteroatoms. The van der Waals surface area contributed by atoms with Crippen molar-refractivity contribution in [1.29, 1.82) is 0 Å². The van der Waals surface area contributed by atoms with Crippen LogP contribution in [0.1, 0.15) is 18.4 Å². The molecule has 0 aromatic heterocycles. The lowest BCUT2D eigenvalue weighted by molar-refractivity contribution is -0.124. The number of ether oxygens (including phenoxy) is 2. The largest absolute Gasteiger partial charge is 0.484 e. The van der Waals surface area contributed by atoms with Gasteiger partial charge in [0.25, 0.3) is 5.91 Å². The predicted octanol–water partition coefficient (Wildman–Crippen LogP) is 1.35. The highest BCUT2D eigenvalue weighted by molar-refractivity contribution is 5.77. The predicted molar refractivity (Wildman–Crippen MR) is 84.0 cm³/mol. The lowest BCUT2D eigenvalue weighted by Crippen LogP contribution is -2.50. The number of carbonyl (C=O) groups excluding carboxylic acids is 1. The van der Waals surface area contributed by atoms with E-state index in [1.54, 1.807) is 0 Å². The molecule has 0 saturated carbocycles. The zero-order valence-corrected chi connectivity index (χ0v) is 13.1. The molecule has 0 radical (unpaired) electrons. The molecule has 2 heterocycles. The van der Waals surface area contributed by atoms with Gasteiger partial charge in [-0.1, -0.05) is 12.1 Å². The van der Waals surface area contributed by atoms with Crippen molar-refractivity contribution >= 4 is 5.91 Å². The van der Waals surface area contributed by atoms with Gasteiger partial charge in [0.1, 0.15) is 5.75 Å². The Morgan fingerprint density at radius 2 is 2.41 bits per heavy atom. The van der Waals surface area contributed by atoms with Crippen molar-refractivity contribution in [2.45, 2.75) is 31.9 Å². The highest BCUT2D eigenvalue weighted by atomic mass is 16.5. The van der Waals surface area contributed by atoms with Gasteiger partial charge >= 0.3 is 0 Å². The van der Waals surface area contributed by atoms with Crippen LogP contribution in [0, 0.1) is 6.92 Å². The maximum absolute atomic E-state index is 11.9. The van der Waals surface area contributed by atoms with Crippen molar-refractivity contribution in [3.05, 3.63) is 29.8 Å². The molecular weight excluding hydrogens is 280 g/mol. The highest BCUT2D eigenvalue weighted by Crippen LogP contribution is 2.22. The van der Waals surface area contributed by atoms with Crippen molar-refractivity contribution in [2.24, 2.45) is 0 Å². The van der Waals surface area contributed by atoms with E-state index in [0.717, 1.165) is 31.0 Å². The Morgan fingerprint density at radius 1 is 1.50 bits per heavy atom. The van der Waals surface area contributed by atoms with Crippen LogP contribution in [0.5, 0.6) is 5.75 Å². The van der Waals surface area contributed by atoms with E-state index < -0.39 is 0 Å². The Hall–Kier alpha value is -1.59. The van der Waals surface area contributed by atoms with Gasteiger partial charge in [-0.15, -0.1) is 0 Å². The second-order valence-corrected chi connectivity index (χ2v) is 6.16. The number of fused-ring (bicyclic) bond motifs is 1. The van der Waals surface area contributed by atoms with Crippen LogP contribution in [0.4, 0.5) is 0 Å². The maximum Gasteiger partial charge on any atom is 0.258 e. The van der Waals surface area contributed by atoms with E-state index in [1.807, 2.05) is 31.2 Å². The standard InChI is InChI=1S/C17H24N2O3/c1-13-4-2-6-15(8-13)22-12-17(20)18-9-16-10-19-7-3-5-14(19)11-21-16/h2,4,6,8,14,16H,3,5,7,9-12H2,1H3,(H,18,20). The summed E-state index contributed by atoms with van der Waals surface area (Å²) in [4.78, 5) is 14.3. The van der Waals surface area contributed by atoms with Gasteiger partial charge in [0.15, 0.2) is 6.61 Å². The summed E-state index contributed by atoms with van der Waals surface area (Å²) in [6.45, 7) is 5.47. The fourth-order valence-electron chi connectivity index (χ4n) is 3.14. The van der Waals surface area contributed by atoms with E-state index in [2.05, 4.69) is 10.2 Å². The summed E-state index contributed by atoms with van der Waals surface area (Å²) >= 11 is 0. The fourth-order valence-corrected chi connectivity index (χ4v) is 3.14. The van der Waals surface area contributed by atoms with Crippen LogP contribution >= 0.6 is 0 Å². The van der Waals surface area contributed by atoms with Gasteiger partial charge in [0.05, 0.1) is 12.7 Å². The van der Waals surface area contributed by atoms with Gasteiger partial charge in [-0.25, -0.2) is 0 Å². The van der Waals surface area contributed by atoms with E-state index in [-0.39, 0.29) is 18.6 Å². The molecule has 2 aliphatic rings. The highest BCUT2D eigenvalue weighted by Gasteiger charge is 2.32. The molecule has 5 nitrogen and oxygen atoms in total. The lowest BCUT2D eigenvalue weighted by Gasteiger charge is -2.35. The molecule has 1 aromatic carbocycles. The first-order chi connectivity index (χ1) is 10.7. The topological polar surface area (TPSA) is 50.8 Å². The van der Waals surface area contributed by atoms with Crippen molar-refractivity contribution < 1.29 is 14.3 Å². The number of carbonyl (C=O) groups is 1. The molecule has 3 rings (SSSR count). The molecule has 0 bridgehead atoms. The van der Waals surface area contributed by atoms with Crippen LogP contribution in [0.3, 0.4) is 0 Å². The summed E-state index contributed by atoms with van der Waals surface area (Å²) in [5.74, 6) is 0.623. The molecule has 1 amide bonds. The lowest BCUT2D eigenvalue weighted by atomic mass is 10.2. The summed E-state index contributed by atoms with van der Waals surface area (Å²) < 4.78 is 11.3. The quantitative estimate of drug-likeness (QED) is 0.892. The van der Waals surface area contributed by atoms with Crippen LogP contribution in [-0.4, -0.2) is 55.8 Å². The summed E-state index contributed by atoms with van der Waals surface area (Å²) in [7, 11) is 0. The minimum absolute atomic E-state index is 0.0442. The van der Waals surface area contributed by atoms with Gasteiger partial charge in [-0.2, -0.15) is 0 Å². The molecule has 2 saturated heterocycles. The second kappa shape index (κ2) is 7.11. The third-order valence-corrected chi connectivity index (χ3v) is 4.35. The first kappa shape index (κ1) is 15.3. The Morgan fingerprint density at radius 3 is 3.27 bits per heavy atom. The minimum atomic E-state index is -0.103. The average molecular weight is 304 g/mol. The molecule has 2 atom stereocenters. The summed E-state index contributed by atoms with van der Waals surface area (Å²) in [5.41, 5.74) is 1.12. The van der Waals surface area contributed by atoms with Crippen molar-refractivity contribution in [3.8, 4) is 5.75 Å². The number of nitrogens with one attached hydrogen (secondary N) is 1. The maximum atomic E-state index is 11.9. The molecule has 22 heavy (non-hydrogen) atoms. The molecule has 2 fully saturated rings. The SMILES string of the molecule is Cc1cccc(OCC(=O)NCC2CN3CCCC3CO2)c1. The Kier molecular flexibility index (Phi) is 4.95. The minimum Gasteiger partial charge on any atom is -0.484 e. The number of rotatable bonds is 5. The summed E-state index contributed by atoms with van der Waals surface area (Å²) in [6.07, 6.45) is 2.60. The smallest absolute Gasteiger partial charge is 0.258 e. The number of morpholine rings is 1. The number of aryl methyl sites for hydroxylation is 1. The normalized spacial score (nSPS) is 24.8. The van der Waals surface area contributed by atoms with E-state index in [0.29, 0.717) is 12.6 Å². The summed E-state index contributed by atoms with van der Waals surface area (Å²) in [6, 6.07) is 8.30. The molecule has 2 unspecified atom stereocenters. The average Bonchev–Trinajstić information content (AvgIpc) is 2.98. The molecule has 1 aromatic rings. The van der Waals surface area contributed by atoms with Gasteiger partial charge < -0.3 is 14.8 Å². The molecule has 120 valence electrons. The monoisotopic (exact) mass is 304 g/mol. The van der Waals surface area contributed by atoms with Crippen molar-refractivity contribution in [3.63, 3.8) is 0 Å². The Balaban J connectivity index is 1.37. The van der Waals surface area contributed by atoms with E-state index in [1.165, 1.54) is 12.8 Å². The Labute approximate surface area is 131 Å². The zero-order valence-electron chi connectivity index (χ0n) is 13.1. The third-order valence-electron chi connectivity index (χ3n) is 4.35. The van der Waals surface area contributed by atoms with Gasteiger partial charge in [-0.3, -0.25) is 9.69 Å². The van der Waals surface area contributed by atoms with Gasteiger partial charge in [-0.05, 0) is 44.0 Å².